The zero-order valence-corrected chi connectivity index (χ0v) is 17.6. The molecule has 0 saturated heterocycles. The molecule has 1 aromatic carbocycles. The Hall–Kier alpha value is -2.79. The van der Waals surface area contributed by atoms with Gasteiger partial charge in [0.15, 0.2) is 12.4 Å². The number of hydrogen-bond donors (Lipinski definition) is 0. The molecule has 0 amide bonds. The Balaban J connectivity index is 1.76. The Kier molecular flexibility index (Phi) is 5.09. The van der Waals surface area contributed by atoms with Crippen molar-refractivity contribution in [3.63, 3.8) is 0 Å². The molecule has 0 bridgehead atoms. The molecule has 3 aromatic rings. The van der Waals surface area contributed by atoms with Gasteiger partial charge < -0.3 is 4.74 Å². The van der Waals surface area contributed by atoms with Crippen LogP contribution in [0.15, 0.2) is 41.8 Å². The van der Waals surface area contributed by atoms with E-state index in [1.165, 1.54) is 4.88 Å². The predicted octanol–water partition coefficient (Wildman–Crippen LogP) is 5.56. The van der Waals surface area contributed by atoms with Crippen LogP contribution in [0.5, 0.6) is 0 Å². The van der Waals surface area contributed by atoms with Crippen LogP contribution in [0.25, 0.3) is 22.6 Å². The summed E-state index contributed by atoms with van der Waals surface area (Å²) in [4.78, 5) is 31.3. The first-order chi connectivity index (χ1) is 13.8. The van der Waals surface area contributed by atoms with Gasteiger partial charge in [-0.25, -0.2) is 9.78 Å². The minimum absolute atomic E-state index is 0.0980. The first-order valence-corrected chi connectivity index (χ1v) is 10.6. The number of esters is 1. The van der Waals surface area contributed by atoms with Gasteiger partial charge in [-0.05, 0) is 47.6 Å². The van der Waals surface area contributed by atoms with E-state index >= 15 is 0 Å². The van der Waals surface area contributed by atoms with Gasteiger partial charge in [-0.15, -0.1) is 11.3 Å². The number of rotatable bonds is 4. The number of aromatic nitrogens is 1. The normalized spacial score (nSPS) is 14.9. The van der Waals surface area contributed by atoms with Gasteiger partial charge in [-0.2, -0.15) is 0 Å². The molecule has 0 radical (unpaired) electrons. The third-order valence-corrected chi connectivity index (χ3v) is 6.00. The smallest absolute Gasteiger partial charge is 0.339 e. The fourth-order valence-electron chi connectivity index (χ4n) is 3.48. The summed E-state index contributed by atoms with van der Waals surface area (Å²) in [6.45, 7) is 5.25. The monoisotopic (exact) mass is 405 g/mol. The molecule has 1 aliphatic rings. The van der Waals surface area contributed by atoms with Gasteiger partial charge in [0.1, 0.15) is 0 Å². The number of carbonyl (C=O) groups is 2. The number of ketones is 1. The van der Waals surface area contributed by atoms with E-state index in [0.29, 0.717) is 5.56 Å². The van der Waals surface area contributed by atoms with Crippen LogP contribution in [-0.4, -0.2) is 23.3 Å². The molecule has 0 unspecified atom stereocenters. The van der Waals surface area contributed by atoms with E-state index < -0.39 is 11.4 Å². The number of para-hydroxylation sites is 1. The molecule has 4 nitrogen and oxygen atoms in total. The molecule has 4 rings (SSSR count). The summed E-state index contributed by atoms with van der Waals surface area (Å²) in [5.41, 5.74) is 3.68. The third kappa shape index (κ3) is 3.87. The highest BCUT2D eigenvalue weighted by Crippen LogP contribution is 2.38. The van der Waals surface area contributed by atoms with E-state index in [1.54, 1.807) is 11.3 Å². The maximum atomic E-state index is 13.1. The molecule has 2 aromatic heterocycles. The molecule has 0 fully saturated rings. The van der Waals surface area contributed by atoms with Crippen LogP contribution in [0.3, 0.4) is 0 Å². The second-order valence-electron chi connectivity index (χ2n) is 8.27. The number of hydrogen-bond acceptors (Lipinski definition) is 5. The van der Waals surface area contributed by atoms with Crippen LogP contribution in [0, 0.1) is 5.41 Å². The number of pyridine rings is 1. The molecule has 2 heterocycles. The van der Waals surface area contributed by atoms with Crippen LogP contribution < -0.4 is 0 Å². The summed E-state index contributed by atoms with van der Waals surface area (Å²) in [7, 11) is 0. The summed E-state index contributed by atoms with van der Waals surface area (Å²) < 4.78 is 5.46. The van der Waals surface area contributed by atoms with Crippen molar-refractivity contribution < 1.29 is 14.3 Å². The van der Waals surface area contributed by atoms with Crippen molar-refractivity contribution in [2.75, 3.05) is 6.61 Å². The van der Waals surface area contributed by atoms with Gasteiger partial charge in [0.25, 0.3) is 0 Å². The lowest BCUT2D eigenvalue weighted by molar-refractivity contribution is -0.129. The zero-order chi connectivity index (χ0) is 20.6. The fourth-order valence-corrected chi connectivity index (χ4v) is 4.16. The first-order valence-electron chi connectivity index (χ1n) is 9.71. The van der Waals surface area contributed by atoms with E-state index in [0.717, 1.165) is 40.6 Å². The average molecular weight is 406 g/mol. The number of fused-ring (bicyclic) bond motifs is 2. The van der Waals surface area contributed by atoms with Gasteiger partial charge in [-0.1, -0.05) is 45.0 Å². The van der Waals surface area contributed by atoms with Crippen molar-refractivity contribution in [3.05, 3.63) is 63.5 Å². The highest BCUT2D eigenvalue weighted by Gasteiger charge is 2.29. The van der Waals surface area contributed by atoms with Crippen molar-refractivity contribution >= 4 is 45.6 Å². The Morgan fingerprint density at radius 2 is 1.93 bits per heavy atom. The van der Waals surface area contributed by atoms with Crippen LogP contribution in [-0.2, 0) is 16.0 Å². The largest absolute Gasteiger partial charge is 0.454 e. The second kappa shape index (κ2) is 7.56. The van der Waals surface area contributed by atoms with E-state index in [2.05, 4.69) is 12.1 Å². The van der Waals surface area contributed by atoms with Crippen molar-refractivity contribution in [3.8, 4) is 0 Å². The third-order valence-electron chi connectivity index (χ3n) is 5.18. The maximum absolute atomic E-state index is 13.1. The molecule has 5 heteroatoms. The Bertz CT molecular complexity index is 1120. The van der Waals surface area contributed by atoms with Gasteiger partial charge in [0, 0.05) is 15.7 Å². The number of nitrogens with zero attached hydrogens (tertiary/aromatic N) is 1. The van der Waals surface area contributed by atoms with Crippen LogP contribution >= 0.6 is 11.3 Å². The number of allylic oxidation sites excluding steroid dienone is 1. The summed E-state index contributed by atoms with van der Waals surface area (Å²) in [5, 5.41) is 2.82. The molecule has 0 spiro atoms. The quantitative estimate of drug-likeness (QED) is 0.534. The molecule has 1 aliphatic carbocycles. The first kappa shape index (κ1) is 19.5. The van der Waals surface area contributed by atoms with E-state index in [-0.39, 0.29) is 12.4 Å². The van der Waals surface area contributed by atoms with Crippen LogP contribution in [0.4, 0.5) is 0 Å². The highest BCUT2D eigenvalue weighted by molar-refractivity contribution is 7.10. The molecule has 0 aliphatic heterocycles. The molecule has 148 valence electrons. The summed E-state index contributed by atoms with van der Waals surface area (Å²) >= 11 is 1.68. The molecular weight excluding hydrogens is 382 g/mol. The fraction of sp³-hybridized carbons (Fsp3) is 0.292. The molecule has 29 heavy (non-hydrogen) atoms. The number of thiophene rings is 1. The predicted molar refractivity (Wildman–Crippen MR) is 117 cm³/mol. The number of Topliss-reactive ketones (excluding diaryl/α,β-unsaturated/α-hetero) is 1. The standard InChI is InChI=1S/C24H23NO3S/c1-24(2,3)20(26)14-28-23(27)21-17-8-4-5-9-19(17)25-22-15(10-11-18(21)22)13-16-7-6-12-29-16/h4-9,12-13H,10-11,14H2,1-3H3. The van der Waals surface area contributed by atoms with Crippen molar-refractivity contribution in [2.24, 2.45) is 5.41 Å². The van der Waals surface area contributed by atoms with E-state index in [4.69, 9.17) is 9.72 Å². The lowest BCUT2D eigenvalue weighted by atomic mass is 9.91. The molecule has 0 N–H and O–H groups in total. The summed E-state index contributed by atoms with van der Waals surface area (Å²) in [5.74, 6) is -0.547. The maximum Gasteiger partial charge on any atom is 0.339 e. The average Bonchev–Trinajstić information content (AvgIpc) is 3.34. The van der Waals surface area contributed by atoms with Gasteiger partial charge in [-0.3, -0.25) is 4.79 Å². The van der Waals surface area contributed by atoms with E-state index in [1.807, 2.05) is 56.5 Å². The zero-order valence-electron chi connectivity index (χ0n) is 16.8. The van der Waals surface area contributed by atoms with E-state index in [9.17, 15) is 9.59 Å². The number of carbonyl (C=O) groups excluding carboxylic acids is 2. The number of benzene rings is 1. The Morgan fingerprint density at radius 3 is 2.66 bits per heavy atom. The highest BCUT2D eigenvalue weighted by atomic mass is 32.1. The minimum Gasteiger partial charge on any atom is -0.454 e. The summed E-state index contributed by atoms with van der Waals surface area (Å²) in [6.07, 6.45) is 3.72. The van der Waals surface area contributed by atoms with Crippen molar-refractivity contribution in [1.82, 2.24) is 4.98 Å². The van der Waals surface area contributed by atoms with Gasteiger partial charge in [0.05, 0.1) is 16.8 Å². The van der Waals surface area contributed by atoms with Crippen LogP contribution in [0.1, 0.15) is 53.7 Å². The van der Waals surface area contributed by atoms with Gasteiger partial charge >= 0.3 is 5.97 Å². The minimum atomic E-state index is -0.543. The topological polar surface area (TPSA) is 56.3 Å². The van der Waals surface area contributed by atoms with Crippen molar-refractivity contribution in [1.29, 1.82) is 0 Å². The number of ether oxygens (including phenoxy) is 1. The second-order valence-corrected chi connectivity index (χ2v) is 9.24. The summed E-state index contributed by atoms with van der Waals surface area (Å²) in [6, 6.07) is 11.7. The lowest BCUT2D eigenvalue weighted by Gasteiger charge is -2.17. The van der Waals surface area contributed by atoms with Crippen molar-refractivity contribution in [2.45, 2.75) is 33.6 Å². The molecular formula is C24H23NO3S. The molecule has 0 saturated carbocycles. The van der Waals surface area contributed by atoms with Crippen LogP contribution in [0.2, 0.25) is 0 Å². The lowest BCUT2D eigenvalue weighted by Crippen LogP contribution is -2.26. The SMILES string of the molecule is CC(C)(C)C(=O)COC(=O)c1c2c(nc3ccccc13)C(=Cc1cccs1)CC2. The van der Waals surface area contributed by atoms with Gasteiger partial charge in [0.2, 0.25) is 0 Å². The Morgan fingerprint density at radius 1 is 1.14 bits per heavy atom. The Labute approximate surface area is 174 Å². The molecule has 0 atom stereocenters.